The summed E-state index contributed by atoms with van der Waals surface area (Å²) in [7, 11) is -2.37. The first-order chi connectivity index (χ1) is 22.8. The number of methoxy groups -OCH3 is 1. The van der Waals surface area contributed by atoms with Gasteiger partial charge in [0.1, 0.15) is 11.9 Å². The highest BCUT2D eigenvalue weighted by molar-refractivity contribution is 7.89. The third-order valence-electron chi connectivity index (χ3n) is 9.40. The summed E-state index contributed by atoms with van der Waals surface area (Å²) < 4.78 is 52.4. The van der Waals surface area contributed by atoms with Crippen LogP contribution in [0, 0.1) is 23.7 Å². The number of nitrogen functional groups attached to an aromatic ring is 1. The van der Waals surface area contributed by atoms with E-state index < -0.39 is 45.9 Å². The molecule has 2 aliphatic rings. The van der Waals surface area contributed by atoms with Crippen molar-refractivity contribution in [2.24, 2.45) is 23.7 Å². The lowest BCUT2D eigenvalue weighted by Gasteiger charge is -2.42. The standard InChI is InChI=1S/C36H55N3O8S/c1-7-36(38-20-24(2)3)23-46-35-34(36)32(16-17-45-35)47-33(41)19-27(18-26-8-12-29(44-6)13-9-26)31(40)22-39(21-25(4)5)48(42,43)30-14-10-28(37)11-15-30/h8-15,24-25,27,31-32,34-35,38,40H,7,16-23,37H2,1-6H3/t27-,31-,32+,34+,35+,36+/m1/s1. The zero-order valence-electron chi connectivity index (χ0n) is 29.3. The van der Waals surface area contributed by atoms with Gasteiger partial charge in [0.25, 0.3) is 0 Å². The second-order valence-corrected chi connectivity index (χ2v) is 16.0. The van der Waals surface area contributed by atoms with E-state index in [2.05, 4.69) is 26.1 Å². The van der Waals surface area contributed by atoms with Crippen molar-refractivity contribution in [2.75, 3.05) is 45.7 Å². The van der Waals surface area contributed by atoms with Gasteiger partial charge in [-0.25, -0.2) is 8.42 Å². The smallest absolute Gasteiger partial charge is 0.306 e. The Kier molecular flexibility index (Phi) is 13.3. The second kappa shape index (κ2) is 16.8. The van der Waals surface area contributed by atoms with Crippen LogP contribution >= 0.6 is 0 Å². The normalized spacial score (nSPS) is 24.1. The molecule has 0 bridgehead atoms. The first kappa shape index (κ1) is 38.1. The second-order valence-electron chi connectivity index (χ2n) is 14.0. The van der Waals surface area contributed by atoms with E-state index in [0.29, 0.717) is 43.4 Å². The maximum absolute atomic E-state index is 13.8. The Morgan fingerprint density at radius 1 is 1.06 bits per heavy atom. The molecule has 11 nitrogen and oxygen atoms in total. The lowest BCUT2D eigenvalue weighted by molar-refractivity contribution is -0.199. The highest BCUT2D eigenvalue weighted by atomic mass is 32.2. The van der Waals surface area contributed by atoms with Crippen molar-refractivity contribution in [1.29, 1.82) is 0 Å². The molecule has 0 radical (unpaired) electrons. The van der Waals surface area contributed by atoms with Crippen LogP contribution in [-0.2, 0) is 35.4 Å². The minimum Gasteiger partial charge on any atom is -0.497 e. The molecule has 4 N–H and O–H groups in total. The first-order valence-corrected chi connectivity index (χ1v) is 18.6. The number of nitrogens with zero attached hydrogens (tertiary/aromatic N) is 1. The summed E-state index contributed by atoms with van der Waals surface area (Å²) in [6, 6.07) is 13.4. The molecule has 4 rings (SSSR count). The number of nitrogens with one attached hydrogen (secondary N) is 1. The van der Waals surface area contributed by atoms with E-state index in [4.69, 9.17) is 24.7 Å². The van der Waals surface area contributed by atoms with Crippen LogP contribution in [0.3, 0.4) is 0 Å². The van der Waals surface area contributed by atoms with E-state index in [1.165, 1.54) is 16.4 Å². The number of fused-ring (bicyclic) bond motifs is 1. The zero-order valence-corrected chi connectivity index (χ0v) is 30.1. The molecule has 2 heterocycles. The summed E-state index contributed by atoms with van der Waals surface area (Å²) in [4.78, 5) is 13.9. The average molecular weight is 690 g/mol. The van der Waals surface area contributed by atoms with Gasteiger partial charge in [0, 0.05) is 31.1 Å². The predicted molar refractivity (Wildman–Crippen MR) is 185 cm³/mol. The fraction of sp³-hybridized carbons (Fsp3) is 0.639. The number of hydrogen-bond acceptors (Lipinski definition) is 10. The summed E-state index contributed by atoms with van der Waals surface area (Å²) in [5.74, 6) is -0.161. The SMILES string of the molecule is CC[C@]1(NCC(C)C)CO[C@@H]2OCC[C@H](OC(=O)C[C@@H](Cc3ccc(OC)cc3)[C@H](O)CN(CC(C)C)S(=O)(=O)c3ccc(N)cc3)[C@@H]21. The number of esters is 1. The Labute approximate surface area is 286 Å². The molecule has 2 aromatic carbocycles. The van der Waals surface area contributed by atoms with Crippen LogP contribution in [0.1, 0.15) is 59.4 Å². The zero-order chi connectivity index (χ0) is 35.1. The van der Waals surface area contributed by atoms with Gasteiger partial charge >= 0.3 is 5.97 Å². The van der Waals surface area contributed by atoms with E-state index in [9.17, 15) is 18.3 Å². The molecule has 2 saturated heterocycles. The maximum atomic E-state index is 13.8. The van der Waals surface area contributed by atoms with Crippen molar-refractivity contribution in [1.82, 2.24) is 9.62 Å². The van der Waals surface area contributed by atoms with Crippen LogP contribution in [0.4, 0.5) is 5.69 Å². The van der Waals surface area contributed by atoms with Crippen LogP contribution < -0.4 is 15.8 Å². The number of aliphatic hydroxyl groups excluding tert-OH is 1. The molecule has 12 heteroatoms. The molecule has 268 valence electrons. The lowest BCUT2D eigenvalue weighted by Crippen LogP contribution is -2.58. The number of carbonyl (C=O) groups is 1. The Balaban J connectivity index is 1.57. The van der Waals surface area contributed by atoms with Gasteiger partial charge in [-0.1, -0.05) is 46.8 Å². The Morgan fingerprint density at radius 2 is 1.75 bits per heavy atom. The molecule has 2 aromatic rings. The van der Waals surface area contributed by atoms with Crippen molar-refractivity contribution >= 4 is 21.7 Å². The number of rotatable bonds is 17. The van der Waals surface area contributed by atoms with Crippen molar-refractivity contribution in [3.05, 3.63) is 54.1 Å². The summed E-state index contributed by atoms with van der Waals surface area (Å²) in [5, 5.41) is 15.4. The number of ether oxygens (including phenoxy) is 4. The molecule has 0 aromatic heterocycles. The molecule has 2 aliphatic heterocycles. The number of benzene rings is 2. The van der Waals surface area contributed by atoms with Crippen molar-refractivity contribution in [3.8, 4) is 5.75 Å². The van der Waals surface area contributed by atoms with Gasteiger partial charge in [0.05, 0.1) is 49.2 Å². The summed E-state index contributed by atoms with van der Waals surface area (Å²) >= 11 is 0. The third-order valence-corrected chi connectivity index (χ3v) is 11.3. The highest BCUT2D eigenvalue weighted by Gasteiger charge is 2.55. The highest BCUT2D eigenvalue weighted by Crippen LogP contribution is 2.42. The van der Waals surface area contributed by atoms with E-state index in [-0.39, 0.29) is 36.2 Å². The first-order valence-electron chi connectivity index (χ1n) is 17.1. The molecular weight excluding hydrogens is 634 g/mol. The third kappa shape index (κ3) is 9.48. The number of hydrogen-bond donors (Lipinski definition) is 3. The molecular formula is C36H55N3O8S. The topological polar surface area (TPSA) is 150 Å². The molecule has 0 saturated carbocycles. The molecule has 0 amide bonds. The van der Waals surface area contributed by atoms with Crippen molar-refractivity contribution in [3.63, 3.8) is 0 Å². The average Bonchev–Trinajstić information content (AvgIpc) is 3.43. The van der Waals surface area contributed by atoms with E-state index in [1.54, 1.807) is 19.2 Å². The van der Waals surface area contributed by atoms with Crippen molar-refractivity contribution in [2.45, 2.75) is 89.2 Å². The number of sulfonamides is 1. The van der Waals surface area contributed by atoms with Gasteiger partial charge in [0.2, 0.25) is 10.0 Å². The van der Waals surface area contributed by atoms with Gasteiger partial charge in [-0.15, -0.1) is 0 Å². The van der Waals surface area contributed by atoms with E-state index in [0.717, 1.165) is 18.5 Å². The number of carbonyl (C=O) groups excluding carboxylic acids is 1. The number of aliphatic hydroxyl groups is 1. The lowest BCUT2D eigenvalue weighted by atomic mass is 9.77. The summed E-state index contributed by atoms with van der Waals surface area (Å²) in [6.45, 7) is 11.9. The molecule has 0 aliphatic carbocycles. The van der Waals surface area contributed by atoms with Gasteiger partial charge < -0.3 is 35.1 Å². The fourth-order valence-corrected chi connectivity index (χ4v) is 8.31. The van der Waals surface area contributed by atoms with Crippen LogP contribution in [0.5, 0.6) is 5.75 Å². The Morgan fingerprint density at radius 3 is 2.35 bits per heavy atom. The van der Waals surface area contributed by atoms with Crippen LogP contribution in [-0.4, -0.2) is 87.8 Å². The monoisotopic (exact) mass is 689 g/mol. The summed E-state index contributed by atoms with van der Waals surface area (Å²) in [5.41, 5.74) is 6.75. The Bertz CT molecular complexity index is 1420. The van der Waals surface area contributed by atoms with Gasteiger partial charge in [-0.2, -0.15) is 4.31 Å². The maximum Gasteiger partial charge on any atom is 0.306 e. The molecule has 48 heavy (non-hydrogen) atoms. The van der Waals surface area contributed by atoms with Gasteiger partial charge in [-0.05, 0) is 73.2 Å². The number of nitrogens with two attached hydrogens (primary N) is 1. The molecule has 2 fully saturated rings. The fourth-order valence-electron chi connectivity index (χ4n) is 6.69. The van der Waals surface area contributed by atoms with Crippen LogP contribution in [0.15, 0.2) is 53.4 Å². The minimum atomic E-state index is -3.96. The molecule has 6 atom stereocenters. The quantitative estimate of drug-likeness (QED) is 0.163. The Hall–Kier alpha value is -2.74. The minimum absolute atomic E-state index is 0.0102. The van der Waals surface area contributed by atoms with Crippen LogP contribution in [0.2, 0.25) is 0 Å². The van der Waals surface area contributed by atoms with E-state index in [1.807, 2.05) is 38.1 Å². The van der Waals surface area contributed by atoms with Gasteiger partial charge in [0.15, 0.2) is 6.29 Å². The summed E-state index contributed by atoms with van der Waals surface area (Å²) in [6.07, 6.45) is -0.517. The largest absolute Gasteiger partial charge is 0.497 e. The number of anilines is 1. The van der Waals surface area contributed by atoms with Crippen molar-refractivity contribution < 1.29 is 37.3 Å². The predicted octanol–water partition coefficient (Wildman–Crippen LogP) is 4.23. The van der Waals surface area contributed by atoms with Crippen LogP contribution in [0.25, 0.3) is 0 Å². The molecule has 0 spiro atoms. The van der Waals surface area contributed by atoms with E-state index >= 15 is 0 Å². The molecule has 0 unspecified atom stereocenters. The van der Waals surface area contributed by atoms with Gasteiger partial charge in [-0.3, -0.25) is 4.79 Å².